The van der Waals surface area contributed by atoms with E-state index in [0.717, 1.165) is 11.4 Å². The molecule has 1 heterocycles. The first-order valence-electron chi connectivity index (χ1n) is 5.39. The lowest BCUT2D eigenvalue weighted by Gasteiger charge is -2.24. The van der Waals surface area contributed by atoms with Gasteiger partial charge in [-0.2, -0.15) is 5.10 Å². The lowest BCUT2D eigenvalue weighted by Crippen LogP contribution is -2.54. The van der Waals surface area contributed by atoms with Crippen molar-refractivity contribution in [3.63, 3.8) is 0 Å². The SMILES string of the molecule is CC(=O)NC(C)(C)C(=O)NCc1cc(C)[nH]n1. The average Bonchev–Trinajstić information content (AvgIpc) is 2.58. The van der Waals surface area contributed by atoms with E-state index in [2.05, 4.69) is 20.8 Å². The Morgan fingerprint density at radius 2 is 2.12 bits per heavy atom. The summed E-state index contributed by atoms with van der Waals surface area (Å²) in [6.45, 7) is 6.91. The van der Waals surface area contributed by atoms with Gasteiger partial charge in [0.1, 0.15) is 5.54 Å². The number of hydrogen-bond acceptors (Lipinski definition) is 3. The van der Waals surface area contributed by atoms with Gasteiger partial charge in [-0.25, -0.2) is 0 Å². The molecule has 1 rings (SSSR count). The molecule has 3 N–H and O–H groups in total. The second-order valence-corrected chi connectivity index (χ2v) is 4.53. The zero-order valence-electron chi connectivity index (χ0n) is 10.5. The van der Waals surface area contributed by atoms with Gasteiger partial charge in [0.05, 0.1) is 12.2 Å². The average molecular weight is 238 g/mol. The fourth-order valence-electron chi connectivity index (χ4n) is 1.45. The maximum Gasteiger partial charge on any atom is 0.245 e. The van der Waals surface area contributed by atoms with Crippen molar-refractivity contribution < 1.29 is 9.59 Å². The Morgan fingerprint density at radius 3 is 2.59 bits per heavy atom. The summed E-state index contributed by atoms with van der Waals surface area (Å²) >= 11 is 0. The predicted molar refractivity (Wildman–Crippen MR) is 63.1 cm³/mol. The van der Waals surface area contributed by atoms with Crippen LogP contribution in [0.3, 0.4) is 0 Å². The van der Waals surface area contributed by atoms with Crippen LogP contribution in [0.25, 0.3) is 0 Å². The lowest BCUT2D eigenvalue weighted by molar-refractivity contribution is -0.131. The van der Waals surface area contributed by atoms with Crippen LogP contribution in [-0.2, 0) is 16.1 Å². The van der Waals surface area contributed by atoms with Gasteiger partial charge in [0.2, 0.25) is 11.8 Å². The summed E-state index contributed by atoms with van der Waals surface area (Å²) in [6.07, 6.45) is 0. The molecule has 0 bridgehead atoms. The molecule has 0 spiro atoms. The van der Waals surface area contributed by atoms with Gasteiger partial charge >= 0.3 is 0 Å². The molecule has 1 aromatic heterocycles. The van der Waals surface area contributed by atoms with Crippen LogP contribution >= 0.6 is 0 Å². The second-order valence-electron chi connectivity index (χ2n) is 4.53. The molecule has 94 valence electrons. The fourth-order valence-corrected chi connectivity index (χ4v) is 1.45. The number of carbonyl (C=O) groups is 2. The zero-order chi connectivity index (χ0) is 13.1. The van der Waals surface area contributed by atoms with E-state index in [0.29, 0.717) is 6.54 Å². The van der Waals surface area contributed by atoms with Crippen molar-refractivity contribution in [1.29, 1.82) is 0 Å². The highest BCUT2D eigenvalue weighted by molar-refractivity contribution is 5.89. The second kappa shape index (κ2) is 4.99. The summed E-state index contributed by atoms with van der Waals surface area (Å²) in [5, 5.41) is 12.1. The van der Waals surface area contributed by atoms with Crippen molar-refractivity contribution in [2.45, 2.75) is 39.8 Å². The Hall–Kier alpha value is -1.85. The molecule has 0 unspecified atom stereocenters. The minimum atomic E-state index is -0.919. The third-order valence-corrected chi connectivity index (χ3v) is 2.25. The number of H-pyrrole nitrogens is 1. The van der Waals surface area contributed by atoms with Crippen LogP contribution in [0.15, 0.2) is 6.07 Å². The summed E-state index contributed by atoms with van der Waals surface area (Å²) in [7, 11) is 0. The number of nitrogens with zero attached hydrogens (tertiary/aromatic N) is 1. The molecule has 17 heavy (non-hydrogen) atoms. The molecule has 0 radical (unpaired) electrons. The molecule has 0 atom stereocenters. The first kappa shape index (κ1) is 13.2. The summed E-state index contributed by atoms with van der Waals surface area (Å²) in [4.78, 5) is 22.7. The third kappa shape index (κ3) is 3.90. The number of aromatic nitrogens is 2. The van der Waals surface area contributed by atoms with Gasteiger partial charge < -0.3 is 10.6 Å². The molecular formula is C11H18N4O2. The van der Waals surface area contributed by atoms with E-state index in [4.69, 9.17) is 0 Å². The van der Waals surface area contributed by atoms with Crippen LogP contribution < -0.4 is 10.6 Å². The lowest BCUT2D eigenvalue weighted by atomic mass is 10.0. The maximum absolute atomic E-state index is 11.8. The van der Waals surface area contributed by atoms with Crippen molar-refractivity contribution in [1.82, 2.24) is 20.8 Å². The van der Waals surface area contributed by atoms with Crippen molar-refractivity contribution in [2.75, 3.05) is 0 Å². The van der Waals surface area contributed by atoms with E-state index in [-0.39, 0.29) is 11.8 Å². The maximum atomic E-state index is 11.8. The number of amides is 2. The summed E-state index contributed by atoms with van der Waals surface area (Å²) in [5.41, 5.74) is 0.779. The standard InChI is InChI=1S/C11H18N4O2/c1-7-5-9(15-14-7)6-12-10(17)11(3,4)13-8(2)16/h5H,6H2,1-4H3,(H,12,17)(H,13,16)(H,14,15). The monoisotopic (exact) mass is 238 g/mol. The molecule has 0 fully saturated rings. The van der Waals surface area contributed by atoms with E-state index in [1.165, 1.54) is 6.92 Å². The first-order chi connectivity index (χ1) is 7.81. The molecule has 6 heteroatoms. The molecular weight excluding hydrogens is 220 g/mol. The molecule has 6 nitrogen and oxygen atoms in total. The minimum Gasteiger partial charge on any atom is -0.348 e. The van der Waals surface area contributed by atoms with Crippen molar-refractivity contribution >= 4 is 11.8 Å². The van der Waals surface area contributed by atoms with E-state index in [9.17, 15) is 9.59 Å². The Bertz CT molecular complexity index is 423. The minimum absolute atomic E-state index is 0.235. The van der Waals surface area contributed by atoms with Gasteiger partial charge in [-0.05, 0) is 26.8 Å². The van der Waals surface area contributed by atoms with Gasteiger partial charge in [0, 0.05) is 12.6 Å². The Morgan fingerprint density at radius 1 is 1.47 bits per heavy atom. The Kier molecular flexibility index (Phi) is 3.88. The zero-order valence-corrected chi connectivity index (χ0v) is 10.5. The van der Waals surface area contributed by atoms with Crippen LogP contribution in [0.4, 0.5) is 0 Å². The van der Waals surface area contributed by atoms with Crippen LogP contribution in [-0.4, -0.2) is 27.6 Å². The number of carbonyl (C=O) groups excluding carboxylic acids is 2. The van der Waals surface area contributed by atoms with Gasteiger partial charge in [0.25, 0.3) is 0 Å². The van der Waals surface area contributed by atoms with Crippen LogP contribution in [0, 0.1) is 6.92 Å². The number of nitrogens with one attached hydrogen (secondary N) is 3. The Balaban J connectivity index is 2.51. The highest BCUT2D eigenvalue weighted by Gasteiger charge is 2.27. The van der Waals surface area contributed by atoms with E-state index < -0.39 is 5.54 Å². The van der Waals surface area contributed by atoms with E-state index in [1.54, 1.807) is 13.8 Å². The molecule has 0 saturated heterocycles. The highest BCUT2D eigenvalue weighted by Crippen LogP contribution is 2.03. The van der Waals surface area contributed by atoms with Gasteiger partial charge in [-0.3, -0.25) is 14.7 Å². The first-order valence-corrected chi connectivity index (χ1v) is 5.39. The molecule has 0 aliphatic carbocycles. The molecule has 0 saturated carbocycles. The number of aromatic amines is 1. The molecule has 2 amide bonds. The predicted octanol–water partition coefficient (Wildman–Crippen LogP) is 0.249. The smallest absolute Gasteiger partial charge is 0.245 e. The number of hydrogen-bond donors (Lipinski definition) is 3. The highest BCUT2D eigenvalue weighted by atomic mass is 16.2. The molecule has 1 aromatic rings. The van der Waals surface area contributed by atoms with Crippen molar-refractivity contribution in [3.05, 3.63) is 17.5 Å². The summed E-state index contributed by atoms with van der Waals surface area (Å²) < 4.78 is 0. The molecule has 0 aliphatic heterocycles. The van der Waals surface area contributed by atoms with Crippen LogP contribution in [0.2, 0.25) is 0 Å². The largest absolute Gasteiger partial charge is 0.348 e. The number of aryl methyl sites for hydroxylation is 1. The quantitative estimate of drug-likeness (QED) is 0.702. The Labute approximate surface area is 100 Å². The fraction of sp³-hybridized carbons (Fsp3) is 0.545. The van der Waals surface area contributed by atoms with Crippen LogP contribution in [0.1, 0.15) is 32.2 Å². The number of rotatable bonds is 4. The third-order valence-electron chi connectivity index (χ3n) is 2.25. The van der Waals surface area contributed by atoms with E-state index in [1.807, 2.05) is 13.0 Å². The van der Waals surface area contributed by atoms with E-state index >= 15 is 0 Å². The molecule has 0 aliphatic rings. The topological polar surface area (TPSA) is 86.9 Å². The van der Waals surface area contributed by atoms with Gasteiger partial charge in [-0.1, -0.05) is 0 Å². The van der Waals surface area contributed by atoms with Gasteiger partial charge in [0.15, 0.2) is 0 Å². The normalized spacial score (nSPS) is 11.1. The summed E-state index contributed by atoms with van der Waals surface area (Å²) in [6, 6.07) is 1.85. The van der Waals surface area contributed by atoms with Crippen molar-refractivity contribution in [2.24, 2.45) is 0 Å². The van der Waals surface area contributed by atoms with Gasteiger partial charge in [-0.15, -0.1) is 0 Å². The summed E-state index contributed by atoms with van der Waals surface area (Å²) in [5.74, 6) is -0.478. The molecule has 0 aromatic carbocycles. The van der Waals surface area contributed by atoms with Crippen LogP contribution in [0.5, 0.6) is 0 Å². The van der Waals surface area contributed by atoms with Crippen molar-refractivity contribution in [3.8, 4) is 0 Å².